The molecule has 0 radical (unpaired) electrons. The molecule has 2 aliphatic rings. The molecule has 0 saturated heterocycles. The molecule has 0 aromatic rings. The number of halogens is 1. The molecule has 2 aliphatic carbocycles. The molecule has 1 nitrogen and oxygen atoms in total. The van der Waals surface area contributed by atoms with Gasteiger partial charge < -0.3 is 5.73 Å². The van der Waals surface area contributed by atoms with Crippen LogP contribution in [0.4, 0.5) is 0 Å². The highest BCUT2D eigenvalue weighted by atomic mass is 35.5. The normalized spacial score (nSPS) is 35.8. The molecule has 0 spiro atoms. The third-order valence-electron chi connectivity index (χ3n) is 3.26. The largest absolute Gasteiger partial charge is 0.328 e. The van der Waals surface area contributed by atoms with Crippen LogP contribution in [0.3, 0.4) is 0 Å². The third-order valence-corrected chi connectivity index (χ3v) is 3.26. The van der Waals surface area contributed by atoms with E-state index in [4.69, 9.17) is 5.73 Å². The van der Waals surface area contributed by atoms with Crippen LogP contribution < -0.4 is 5.73 Å². The zero-order chi connectivity index (χ0) is 7.68. The van der Waals surface area contributed by atoms with Gasteiger partial charge in [-0.1, -0.05) is 12.8 Å². The molecule has 0 unspecified atom stereocenters. The molecule has 2 N–H and O–H groups in total. The summed E-state index contributed by atoms with van der Waals surface area (Å²) in [5.74, 6) is 2.16. The molecule has 0 amide bonds. The molecular formula is C10H20ClN. The van der Waals surface area contributed by atoms with Gasteiger partial charge >= 0.3 is 0 Å². The van der Waals surface area contributed by atoms with E-state index in [1.807, 2.05) is 0 Å². The lowest BCUT2D eigenvalue weighted by Gasteiger charge is -2.25. The summed E-state index contributed by atoms with van der Waals surface area (Å²) in [6, 6.07) is 0.533. The van der Waals surface area contributed by atoms with Gasteiger partial charge in [-0.3, -0.25) is 0 Å². The smallest absolute Gasteiger partial charge is 0.00390 e. The van der Waals surface area contributed by atoms with Crippen molar-refractivity contribution in [3.8, 4) is 0 Å². The maximum absolute atomic E-state index is 5.84. The summed E-state index contributed by atoms with van der Waals surface area (Å²) in [6.07, 6.45) is 9.96. The first kappa shape index (κ1) is 10.3. The Morgan fingerprint density at radius 2 is 1.25 bits per heavy atom. The van der Waals surface area contributed by atoms with Gasteiger partial charge in [0.2, 0.25) is 0 Å². The minimum atomic E-state index is 0. The van der Waals surface area contributed by atoms with E-state index in [0.717, 1.165) is 11.8 Å². The summed E-state index contributed by atoms with van der Waals surface area (Å²) in [4.78, 5) is 0. The summed E-state index contributed by atoms with van der Waals surface area (Å²) in [6.45, 7) is 0. The lowest BCUT2D eigenvalue weighted by Crippen LogP contribution is -2.26. The number of rotatable bonds is 2. The van der Waals surface area contributed by atoms with Crippen molar-refractivity contribution in [1.29, 1.82) is 0 Å². The van der Waals surface area contributed by atoms with E-state index in [1.54, 1.807) is 0 Å². The first-order valence-corrected chi connectivity index (χ1v) is 5.10. The molecule has 2 heteroatoms. The second-order valence-electron chi connectivity index (χ2n) is 4.46. The van der Waals surface area contributed by atoms with Crippen molar-refractivity contribution in [2.24, 2.45) is 17.6 Å². The highest BCUT2D eigenvalue weighted by Gasteiger charge is 2.27. The van der Waals surface area contributed by atoms with E-state index in [-0.39, 0.29) is 12.4 Å². The predicted molar refractivity (Wildman–Crippen MR) is 54.5 cm³/mol. The van der Waals surface area contributed by atoms with Crippen LogP contribution >= 0.6 is 12.4 Å². The van der Waals surface area contributed by atoms with E-state index in [2.05, 4.69) is 0 Å². The maximum atomic E-state index is 5.84. The molecule has 2 rings (SSSR count). The van der Waals surface area contributed by atoms with Crippen molar-refractivity contribution in [1.82, 2.24) is 0 Å². The molecule has 0 heterocycles. The van der Waals surface area contributed by atoms with Gasteiger partial charge in [0.05, 0.1) is 0 Å². The lowest BCUT2D eigenvalue weighted by molar-refractivity contribution is 0.300. The van der Waals surface area contributed by atoms with Crippen LogP contribution in [-0.2, 0) is 0 Å². The molecule has 12 heavy (non-hydrogen) atoms. The van der Waals surface area contributed by atoms with Crippen LogP contribution in [0.25, 0.3) is 0 Å². The first-order chi connectivity index (χ1) is 5.34. The fourth-order valence-corrected chi connectivity index (χ4v) is 2.25. The zero-order valence-electron chi connectivity index (χ0n) is 7.67. The zero-order valence-corrected chi connectivity index (χ0v) is 8.48. The Hall–Kier alpha value is 0.250. The molecule has 0 aromatic carbocycles. The monoisotopic (exact) mass is 189 g/mol. The number of nitrogens with two attached hydrogens (primary N) is 1. The molecule has 0 atom stereocenters. The fraction of sp³-hybridized carbons (Fsp3) is 1.00. The minimum Gasteiger partial charge on any atom is -0.328 e. The van der Waals surface area contributed by atoms with E-state index < -0.39 is 0 Å². The van der Waals surface area contributed by atoms with Crippen LogP contribution in [0, 0.1) is 11.8 Å². The first-order valence-electron chi connectivity index (χ1n) is 5.10. The van der Waals surface area contributed by atoms with Gasteiger partial charge in [0.15, 0.2) is 0 Å². The average molecular weight is 190 g/mol. The third kappa shape index (κ3) is 2.95. The van der Waals surface area contributed by atoms with Gasteiger partial charge in [-0.25, -0.2) is 0 Å². The second kappa shape index (κ2) is 4.48. The Kier molecular flexibility index (Phi) is 3.85. The Labute approximate surface area is 81.5 Å². The summed E-state index contributed by atoms with van der Waals surface area (Å²) in [5, 5.41) is 0. The van der Waals surface area contributed by atoms with Gasteiger partial charge in [-0.15, -0.1) is 12.4 Å². The maximum Gasteiger partial charge on any atom is 0.00390 e. The van der Waals surface area contributed by atoms with Crippen molar-refractivity contribution < 1.29 is 0 Å². The molecule has 2 saturated carbocycles. The summed E-state index contributed by atoms with van der Waals surface area (Å²) in [5.41, 5.74) is 5.84. The topological polar surface area (TPSA) is 26.0 Å². The summed E-state index contributed by atoms with van der Waals surface area (Å²) in [7, 11) is 0. The average Bonchev–Trinajstić information content (AvgIpc) is 2.78. The van der Waals surface area contributed by atoms with Crippen molar-refractivity contribution in [2.75, 3.05) is 0 Å². The molecule has 0 aromatic heterocycles. The Morgan fingerprint density at radius 3 is 1.67 bits per heavy atom. The molecular weight excluding hydrogens is 170 g/mol. The molecule has 0 aliphatic heterocycles. The predicted octanol–water partition coefficient (Wildman–Crippen LogP) is 2.73. The lowest BCUT2D eigenvalue weighted by atomic mass is 9.83. The fourth-order valence-electron chi connectivity index (χ4n) is 2.25. The van der Waals surface area contributed by atoms with Gasteiger partial charge in [0.25, 0.3) is 0 Å². The van der Waals surface area contributed by atoms with Gasteiger partial charge in [0.1, 0.15) is 0 Å². The Morgan fingerprint density at radius 1 is 0.833 bits per heavy atom. The van der Waals surface area contributed by atoms with Crippen molar-refractivity contribution in [3.05, 3.63) is 0 Å². The highest BCUT2D eigenvalue weighted by Crippen LogP contribution is 2.39. The second-order valence-corrected chi connectivity index (χ2v) is 4.46. The van der Waals surface area contributed by atoms with Gasteiger partial charge in [0, 0.05) is 6.04 Å². The van der Waals surface area contributed by atoms with Crippen LogP contribution in [0.15, 0.2) is 0 Å². The highest BCUT2D eigenvalue weighted by molar-refractivity contribution is 5.85. The van der Waals surface area contributed by atoms with Crippen molar-refractivity contribution in [2.45, 2.75) is 51.0 Å². The quantitative estimate of drug-likeness (QED) is 0.711. The van der Waals surface area contributed by atoms with Crippen molar-refractivity contribution in [3.63, 3.8) is 0 Å². The summed E-state index contributed by atoms with van der Waals surface area (Å²) < 4.78 is 0. The Bertz CT molecular complexity index is 126. The van der Waals surface area contributed by atoms with E-state index >= 15 is 0 Å². The molecule has 0 bridgehead atoms. The van der Waals surface area contributed by atoms with Crippen LogP contribution in [0.2, 0.25) is 0 Å². The van der Waals surface area contributed by atoms with Crippen LogP contribution in [-0.4, -0.2) is 6.04 Å². The Balaban J connectivity index is 0.000000720. The SMILES string of the molecule is Cl.NC1CCC(CC2CC2)CC1. The molecule has 72 valence electrons. The molecule has 2 fully saturated rings. The minimum absolute atomic E-state index is 0. The summed E-state index contributed by atoms with van der Waals surface area (Å²) >= 11 is 0. The van der Waals surface area contributed by atoms with E-state index in [9.17, 15) is 0 Å². The van der Waals surface area contributed by atoms with Crippen LogP contribution in [0.5, 0.6) is 0 Å². The standard InChI is InChI=1S/C10H19N.ClH/c11-10-5-3-9(4-6-10)7-8-1-2-8;/h8-10H,1-7,11H2;1H. The van der Waals surface area contributed by atoms with Crippen LogP contribution in [0.1, 0.15) is 44.9 Å². The van der Waals surface area contributed by atoms with Gasteiger partial charge in [-0.05, 0) is 43.9 Å². The van der Waals surface area contributed by atoms with Crippen molar-refractivity contribution >= 4 is 12.4 Å². The van der Waals surface area contributed by atoms with E-state index in [1.165, 1.54) is 44.9 Å². The van der Waals surface area contributed by atoms with E-state index in [0.29, 0.717) is 6.04 Å². The van der Waals surface area contributed by atoms with Gasteiger partial charge in [-0.2, -0.15) is 0 Å². The number of hydrogen-bond donors (Lipinski definition) is 1. The number of hydrogen-bond acceptors (Lipinski definition) is 1.